The molecule has 1 amide bonds. The third-order valence-electron chi connectivity index (χ3n) is 2.79. The molecule has 0 saturated carbocycles. The number of aromatic nitrogens is 1. The second-order valence-corrected chi connectivity index (χ2v) is 4.42. The van der Waals surface area contributed by atoms with Gasteiger partial charge in [0.15, 0.2) is 0 Å². The van der Waals surface area contributed by atoms with E-state index >= 15 is 0 Å². The van der Waals surface area contributed by atoms with Gasteiger partial charge in [-0.25, -0.2) is 0 Å². The predicted molar refractivity (Wildman–Crippen MR) is 73.4 cm³/mol. The van der Waals surface area contributed by atoms with Crippen LogP contribution in [-0.4, -0.2) is 30.6 Å². The van der Waals surface area contributed by atoms with Gasteiger partial charge in [0.1, 0.15) is 0 Å². The van der Waals surface area contributed by atoms with Gasteiger partial charge in [0.05, 0.1) is 12.2 Å². The quantitative estimate of drug-likeness (QED) is 0.870. The summed E-state index contributed by atoms with van der Waals surface area (Å²) in [6, 6.07) is 8.42. The van der Waals surface area contributed by atoms with Crippen LogP contribution in [-0.2, 0) is 4.74 Å². The fourth-order valence-corrected chi connectivity index (χ4v) is 1.99. The zero-order chi connectivity index (χ0) is 13.8. The summed E-state index contributed by atoms with van der Waals surface area (Å²) >= 11 is 0. The summed E-state index contributed by atoms with van der Waals surface area (Å²) in [5.74, 6) is -0.271. The largest absolute Gasteiger partial charge is 0.383 e. The van der Waals surface area contributed by atoms with E-state index in [1.165, 1.54) is 6.07 Å². The molecule has 1 unspecified atom stereocenters. The number of pyridine rings is 1. The van der Waals surface area contributed by atoms with Crippen molar-refractivity contribution < 1.29 is 9.53 Å². The van der Waals surface area contributed by atoms with Gasteiger partial charge in [-0.05, 0) is 13.0 Å². The molecular formula is C14H16N2O3. The Kier molecular flexibility index (Phi) is 3.97. The van der Waals surface area contributed by atoms with Crippen molar-refractivity contribution in [3.8, 4) is 0 Å². The van der Waals surface area contributed by atoms with Crippen LogP contribution in [0.4, 0.5) is 0 Å². The molecule has 100 valence electrons. The van der Waals surface area contributed by atoms with Gasteiger partial charge in [-0.3, -0.25) is 9.59 Å². The molecule has 5 heteroatoms. The third kappa shape index (κ3) is 3.00. The number of fused-ring (bicyclic) bond motifs is 1. The Balaban J connectivity index is 2.39. The predicted octanol–water partition coefficient (Wildman–Crippen LogP) is 1.29. The van der Waals surface area contributed by atoms with Crippen molar-refractivity contribution in [2.75, 3.05) is 13.7 Å². The molecule has 2 N–H and O–H groups in total. The van der Waals surface area contributed by atoms with Crippen molar-refractivity contribution in [3.05, 3.63) is 46.2 Å². The highest BCUT2D eigenvalue weighted by molar-refractivity contribution is 6.06. The molecule has 0 fully saturated rings. The first-order valence-electron chi connectivity index (χ1n) is 6.03. The number of rotatable bonds is 4. The highest BCUT2D eigenvalue weighted by Crippen LogP contribution is 2.14. The maximum atomic E-state index is 12.2. The minimum Gasteiger partial charge on any atom is -0.383 e. The summed E-state index contributed by atoms with van der Waals surface area (Å²) in [5.41, 5.74) is 0.741. The van der Waals surface area contributed by atoms with Gasteiger partial charge < -0.3 is 15.0 Å². The van der Waals surface area contributed by atoms with Gasteiger partial charge in [-0.1, -0.05) is 18.2 Å². The van der Waals surface area contributed by atoms with E-state index in [2.05, 4.69) is 10.3 Å². The van der Waals surface area contributed by atoms with Gasteiger partial charge in [0.2, 0.25) is 5.56 Å². The molecular weight excluding hydrogens is 244 g/mol. The van der Waals surface area contributed by atoms with E-state index in [-0.39, 0.29) is 17.5 Å². The summed E-state index contributed by atoms with van der Waals surface area (Å²) in [4.78, 5) is 26.4. The zero-order valence-corrected chi connectivity index (χ0v) is 10.9. The molecule has 1 atom stereocenters. The first-order valence-corrected chi connectivity index (χ1v) is 6.03. The molecule has 1 aromatic carbocycles. The number of hydrogen-bond acceptors (Lipinski definition) is 3. The number of methoxy groups -OCH3 is 1. The van der Waals surface area contributed by atoms with Crippen molar-refractivity contribution in [1.82, 2.24) is 10.3 Å². The van der Waals surface area contributed by atoms with Crippen LogP contribution in [0.15, 0.2) is 35.1 Å². The van der Waals surface area contributed by atoms with Crippen molar-refractivity contribution in [3.63, 3.8) is 0 Å². The number of hydrogen-bond donors (Lipinski definition) is 2. The number of nitrogens with one attached hydrogen (secondary N) is 2. The van der Waals surface area contributed by atoms with Crippen LogP contribution in [0, 0.1) is 0 Å². The van der Waals surface area contributed by atoms with Crippen LogP contribution in [0.25, 0.3) is 10.9 Å². The summed E-state index contributed by atoms with van der Waals surface area (Å²) in [5, 5.41) is 3.53. The lowest BCUT2D eigenvalue weighted by molar-refractivity contribution is 0.0907. The minimum atomic E-state index is -0.289. The van der Waals surface area contributed by atoms with Crippen molar-refractivity contribution >= 4 is 16.8 Å². The lowest BCUT2D eigenvalue weighted by atomic mass is 10.1. The van der Waals surface area contributed by atoms with E-state index in [1.807, 2.05) is 19.1 Å². The van der Waals surface area contributed by atoms with Gasteiger partial charge in [-0.2, -0.15) is 0 Å². The minimum absolute atomic E-state index is 0.115. The van der Waals surface area contributed by atoms with Gasteiger partial charge >= 0.3 is 0 Å². The number of ether oxygens (including phenoxy) is 1. The van der Waals surface area contributed by atoms with Crippen molar-refractivity contribution in [2.45, 2.75) is 13.0 Å². The van der Waals surface area contributed by atoms with Crippen LogP contribution in [0.2, 0.25) is 0 Å². The van der Waals surface area contributed by atoms with Crippen LogP contribution < -0.4 is 10.9 Å². The first kappa shape index (κ1) is 13.3. The number of para-hydroxylation sites is 1. The fourth-order valence-electron chi connectivity index (χ4n) is 1.99. The molecule has 0 aliphatic carbocycles. The highest BCUT2D eigenvalue weighted by Gasteiger charge is 2.13. The Labute approximate surface area is 110 Å². The monoisotopic (exact) mass is 260 g/mol. The van der Waals surface area contributed by atoms with Gasteiger partial charge in [-0.15, -0.1) is 0 Å². The van der Waals surface area contributed by atoms with Crippen LogP contribution in [0.1, 0.15) is 17.3 Å². The molecule has 1 heterocycles. The number of carbonyl (C=O) groups is 1. The Morgan fingerprint density at radius 1 is 1.42 bits per heavy atom. The van der Waals surface area contributed by atoms with Crippen LogP contribution in [0.3, 0.4) is 0 Å². The maximum Gasteiger partial charge on any atom is 0.252 e. The first-order chi connectivity index (χ1) is 9.11. The molecule has 2 rings (SSSR count). The van der Waals surface area contributed by atoms with E-state index in [4.69, 9.17) is 4.74 Å². The van der Waals surface area contributed by atoms with Crippen LogP contribution in [0.5, 0.6) is 0 Å². The maximum absolute atomic E-state index is 12.2. The molecule has 0 aliphatic heterocycles. The Morgan fingerprint density at radius 2 is 2.16 bits per heavy atom. The third-order valence-corrected chi connectivity index (χ3v) is 2.79. The number of benzene rings is 1. The smallest absolute Gasteiger partial charge is 0.252 e. The molecule has 0 aliphatic rings. The van der Waals surface area contributed by atoms with Crippen molar-refractivity contribution in [1.29, 1.82) is 0 Å². The molecule has 0 spiro atoms. The summed E-state index contributed by atoms with van der Waals surface area (Å²) < 4.78 is 4.97. The number of amides is 1. The van der Waals surface area contributed by atoms with Gasteiger partial charge in [0.25, 0.3) is 5.91 Å². The average molecular weight is 260 g/mol. The summed E-state index contributed by atoms with van der Waals surface area (Å²) in [6.07, 6.45) is 0. The Hall–Kier alpha value is -2.14. The highest BCUT2D eigenvalue weighted by atomic mass is 16.5. The SMILES string of the molecule is COCC(C)NC(=O)c1cc(=O)[nH]c2ccccc12. The van der Waals surface area contributed by atoms with E-state index in [0.717, 1.165) is 5.39 Å². The molecule has 2 aromatic rings. The standard InChI is InChI=1S/C14H16N2O3/c1-9(8-19-2)15-14(18)11-7-13(17)16-12-6-4-3-5-10(11)12/h3-7,9H,8H2,1-2H3,(H,15,18)(H,16,17). The topological polar surface area (TPSA) is 71.2 Å². The van der Waals surface area contributed by atoms with E-state index in [1.54, 1.807) is 19.2 Å². The summed E-state index contributed by atoms with van der Waals surface area (Å²) in [6.45, 7) is 2.27. The average Bonchev–Trinajstić information content (AvgIpc) is 2.37. The molecule has 0 saturated heterocycles. The normalized spacial score (nSPS) is 12.3. The second kappa shape index (κ2) is 5.67. The Bertz CT molecular complexity index is 648. The molecule has 5 nitrogen and oxygen atoms in total. The van der Waals surface area contributed by atoms with E-state index in [9.17, 15) is 9.59 Å². The van der Waals surface area contributed by atoms with Gasteiger partial charge in [0, 0.05) is 30.1 Å². The van der Waals surface area contributed by atoms with Crippen molar-refractivity contribution in [2.24, 2.45) is 0 Å². The number of aromatic amines is 1. The fraction of sp³-hybridized carbons (Fsp3) is 0.286. The zero-order valence-electron chi connectivity index (χ0n) is 10.9. The Morgan fingerprint density at radius 3 is 2.89 bits per heavy atom. The number of carbonyl (C=O) groups excluding carboxylic acids is 1. The molecule has 19 heavy (non-hydrogen) atoms. The molecule has 0 radical (unpaired) electrons. The lowest BCUT2D eigenvalue weighted by Crippen LogP contribution is -2.36. The number of H-pyrrole nitrogens is 1. The molecule has 1 aromatic heterocycles. The lowest BCUT2D eigenvalue weighted by Gasteiger charge is -2.13. The molecule has 0 bridgehead atoms. The van der Waals surface area contributed by atoms with E-state index in [0.29, 0.717) is 17.7 Å². The summed E-state index contributed by atoms with van der Waals surface area (Å²) in [7, 11) is 1.57. The van der Waals surface area contributed by atoms with Crippen LogP contribution >= 0.6 is 0 Å². The second-order valence-electron chi connectivity index (χ2n) is 4.42. The van der Waals surface area contributed by atoms with E-state index < -0.39 is 0 Å².